The van der Waals surface area contributed by atoms with E-state index in [4.69, 9.17) is 14.2 Å². The number of ketones is 3. The SMILES string of the molecule is C[C@]12CCC3C4CCC(=O)C=C4C4CC4C3C1C1CC1[C@@]21CCC(=O)O1.C[C@]12CCC3C4CCC(=O)C=C4C=CC3C1C1CC1[C@@]21CCC(=O)O1.C[C@]12CCC3C4CCC(=O)C=C4[C@@H]4C[C@@H]4C3C1C1CC1[C@@]21CCC(=O)O1. The molecule has 16 fully saturated rings. The molecule has 13 saturated carbocycles. The maximum Gasteiger partial charge on any atom is 0.306 e. The third kappa shape index (κ3) is 5.81. The van der Waals surface area contributed by atoms with Crippen LogP contribution in [0.5, 0.6) is 0 Å². The Kier molecular flexibility index (Phi) is 9.22. The number of hydrogen-bond donors (Lipinski definition) is 0. The lowest BCUT2D eigenvalue weighted by Crippen LogP contribution is -2.55. The number of allylic oxidation sites excluding steroid dienone is 6. The van der Waals surface area contributed by atoms with E-state index in [2.05, 4.69) is 45.1 Å². The van der Waals surface area contributed by atoms with E-state index in [1.807, 2.05) is 6.08 Å². The molecule has 0 aromatic rings. The first-order valence-electron chi connectivity index (χ1n) is 32.2. The molecule has 0 amide bonds. The number of carbonyl (C=O) groups excluding carboxylic acids is 6. The zero-order chi connectivity index (χ0) is 51.8. The molecule has 17 aliphatic carbocycles. The topological polar surface area (TPSA) is 130 Å². The number of hydrogen-bond acceptors (Lipinski definition) is 9. The van der Waals surface area contributed by atoms with Gasteiger partial charge in [-0.1, -0.05) is 44.1 Å². The molecule has 0 aromatic heterocycles. The van der Waals surface area contributed by atoms with Gasteiger partial charge < -0.3 is 14.2 Å². The van der Waals surface area contributed by atoms with Crippen LogP contribution in [0.15, 0.2) is 47.1 Å². The van der Waals surface area contributed by atoms with Crippen LogP contribution in [0.1, 0.15) is 168 Å². The van der Waals surface area contributed by atoms with Crippen LogP contribution in [0, 0.1) is 146 Å². The number of fused-ring (bicyclic) bond motifs is 33. The van der Waals surface area contributed by atoms with Gasteiger partial charge in [0.05, 0.1) is 0 Å². The smallest absolute Gasteiger partial charge is 0.306 e. The van der Waals surface area contributed by atoms with Gasteiger partial charge in [0.1, 0.15) is 16.8 Å². The third-order valence-corrected chi connectivity index (χ3v) is 29.5. The van der Waals surface area contributed by atoms with Crippen molar-refractivity contribution in [2.45, 2.75) is 185 Å². The highest BCUT2D eigenvalue weighted by molar-refractivity contribution is 5.93. The molecule has 0 aromatic carbocycles. The summed E-state index contributed by atoms with van der Waals surface area (Å²) in [6.07, 6.45) is 35.0. The Balaban J connectivity index is 0.0000000906. The van der Waals surface area contributed by atoms with E-state index in [1.165, 1.54) is 76.2 Å². The zero-order valence-corrected chi connectivity index (χ0v) is 46.0. The predicted octanol–water partition coefficient (Wildman–Crippen LogP) is 11.7. The molecule has 0 radical (unpaired) electrons. The van der Waals surface area contributed by atoms with Crippen molar-refractivity contribution in [1.82, 2.24) is 0 Å². The molecule has 77 heavy (non-hydrogen) atoms. The Labute approximate surface area is 455 Å². The summed E-state index contributed by atoms with van der Waals surface area (Å²) in [6.45, 7) is 7.42. The van der Waals surface area contributed by atoms with E-state index in [9.17, 15) is 28.8 Å². The van der Waals surface area contributed by atoms with E-state index in [1.54, 1.807) is 11.1 Å². The molecule has 28 atom stereocenters. The van der Waals surface area contributed by atoms with Crippen LogP contribution in [0.4, 0.5) is 0 Å². The number of rotatable bonds is 0. The highest BCUT2D eigenvalue weighted by Gasteiger charge is 2.83. The first kappa shape index (κ1) is 47.1. The lowest BCUT2D eigenvalue weighted by Gasteiger charge is -2.57. The van der Waals surface area contributed by atoms with Gasteiger partial charge in [0.2, 0.25) is 0 Å². The van der Waals surface area contributed by atoms with Gasteiger partial charge in [0.25, 0.3) is 0 Å². The molecule has 0 N–H and O–H groups in total. The van der Waals surface area contributed by atoms with Crippen LogP contribution in [0.2, 0.25) is 0 Å². The third-order valence-electron chi connectivity index (χ3n) is 29.5. The molecule has 3 heterocycles. The summed E-state index contributed by atoms with van der Waals surface area (Å²) in [4.78, 5) is 72.0. The molecule has 3 aliphatic heterocycles. The van der Waals surface area contributed by atoms with Crippen LogP contribution < -0.4 is 0 Å². The molecular formula is C68H82O9. The Morgan fingerprint density at radius 3 is 1.23 bits per heavy atom. The Morgan fingerprint density at radius 2 is 0.792 bits per heavy atom. The average Bonchev–Trinajstić information content (AvgIpc) is 3.31. The van der Waals surface area contributed by atoms with Crippen molar-refractivity contribution in [3.8, 4) is 0 Å². The summed E-state index contributed by atoms with van der Waals surface area (Å²) in [6, 6.07) is 0. The number of esters is 3. The number of ether oxygens (including phenoxy) is 3. The van der Waals surface area contributed by atoms with E-state index < -0.39 is 0 Å². The Hall–Kier alpha value is -3.62. The predicted molar refractivity (Wildman–Crippen MR) is 282 cm³/mol. The maximum absolute atomic E-state index is 12.1. The molecule has 3 saturated heterocycles. The van der Waals surface area contributed by atoms with Crippen molar-refractivity contribution in [2.75, 3.05) is 0 Å². The molecule has 20 aliphatic rings. The summed E-state index contributed by atoms with van der Waals surface area (Å²) >= 11 is 0. The minimum atomic E-state index is -0.156. The maximum atomic E-state index is 12.1. The molecule has 408 valence electrons. The van der Waals surface area contributed by atoms with E-state index >= 15 is 0 Å². The standard InChI is InChI=1S/2C23H28O3.C22H26O3/c2*1-22-6-4-13-12-3-2-11(24)8-14(12)15-9-16(15)20(13)21(22)17-10-18(17)23(22)7-5-19(25)26-23;1-21-8-6-15-14-5-3-13(23)10-12(14)2-4-16(15)20(21)17-11-18(17)22(21)9-7-19(24)25-22/h2*8,12-13,15-18,20-21H,2-7,9-10H2,1H3;2,4,10,14-18,20H,3,5-9,11H2,1H3/t12?,13?,15?,16?,17?,18?,20?,21?,22-,23-;12?,13?,15-,16-,17?,18?,20?,21?,22-,23-;14?,15?,16?,17?,18?,20?,21-,22-/m000/s1. The Bertz CT molecular complexity index is 2790. The van der Waals surface area contributed by atoms with Crippen molar-refractivity contribution in [1.29, 1.82) is 0 Å². The molecular weight excluding hydrogens is 961 g/mol. The first-order chi connectivity index (χ1) is 37.1. The largest absolute Gasteiger partial charge is 0.458 e. The van der Waals surface area contributed by atoms with Gasteiger partial charge >= 0.3 is 17.9 Å². The zero-order valence-electron chi connectivity index (χ0n) is 46.0. The van der Waals surface area contributed by atoms with Crippen LogP contribution in [-0.4, -0.2) is 52.1 Å². The second-order valence-electron chi connectivity index (χ2n) is 31.4. The van der Waals surface area contributed by atoms with E-state index in [-0.39, 0.29) is 51.0 Å². The van der Waals surface area contributed by atoms with Gasteiger partial charge in [-0.25, -0.2) is 0 Å². The summed E-state index contributed by atoms with van der Waals surface area (Å²) < 4.78 is 18.5. The van der Waals surface area contributed by atoms with Crippen molar-refractivity contribution >= 4 is 35.3 Å². The summed E-state index contributed by atoms with van der Waals surface area (Å²) in [5.41, 5.74) is 4.57. The summed E-state index contributed by atoms with van der Waals surface area (Å²) in [5.74, 6) is 17.3. The van der Waals surface area contributed by atoms with Crippen molar-refractivity contribution in [3.63, 3.8) is 0 Å². The average molecular weight is 1040 g/mol. The summed E-state index contributed by atoms with van der Waals surface area (Å²) in [7, 11) is 0. The van der Waals surface area contributed by atoms with Gasteiger partial charge in [0, 0.05) is 72.5 Å². The van der Waals surface area contributed by atoms with Gasteiger partial charge in [0.15, 0.2) is 17.3 Å². The van der Waals surface area contributed by atoms with Gasteiger partial charge in [-0.2, -0.15) is 0 Å². The number of carbonyl (C=O) groups is 6. The molecule has 0 bridgehead atoms. The minimum Gasteiger partial charge on any atom is -0.458 e. The fraction of sp³-hybridized carbons (Fsp3) is 0.794. The second kappa shape index (κ2) is 15.1. The summed E-state index contributed by atoms with van der Waals surface area (Å²) in [5, 5.41) is 0. The van der Waals surface area contributed by atoms with Crippen molar-refractivity contribution in [3.05, 3.63) is 47.1 Å². The van der Waals surface area contributed by atoms with Crippen molar-refractivity contribution in [2.24, 2.45) is 146 Å². The monoisotopic (exact) mass is 1040 g/mol. The van der Waals surface area contributed by atoms with E-state index in [0.29, 0.717) is 102 Å². The normalized spacial score (nSPS) is 59.1. The van der Waals surface area contributed by atoms with Crippen molar-refractivity contribution < 1.29 is 43.0 Å². The molecule has 20 rings (SSSR count). The lowest BCUT2D eigenvalue weighted by atomic mass is 9.49. The van der Waals surface area contributed by atoms with Gasteiger partial charge in [-0.3, -0.25) is 28.8 Å². The minimum absolute atomic E-state index is 0.0323. The quantitative estimate of drug-likeness (QED) is 0.172. The van der Waals surface area contributed by atoms with E-state index in [0.717, 1.165) is 123 Å². The lowest BCUT2D eigenvalue weighted by molar-refractivity contribution is -0.175. The van der Waals surface area contributed by atoms with Gasteiger partial charge in [-0.15, -0.1) is 0 Å². The van der Waals surface area contributed by atoms with Crippen LogP contribution in [-0.2, 0) is 43.0 Å². The van der Waals surface area contributed by atoms with Crippen LogP contribution >= 0.6 is 0 Å². The van der Waals surface area contributed by atoms with Crippen LogP contribution in [0.3, 0.4) is 0 Å². The molecule has 20 unspecified atom stereocenters. The highest BCUT2D eigenvalue weighted by atomic mass is 16.6. The first-order valence-corrected chi connectivity index (χ1v) is 32.2. The second-order valence-corrected chi connectivity index (χ2v) is 31.4. The van der Waals surface area contributed by atoms with Crippen LogP contribution in [0.25, 0.3) is 0 Å². The molecule has 9 nitrogen and oxygen atoms in total. The fourth-order valence-electron chi connectivity index (χ4n) is 26.7. The molecule has 3 spiro atoms. The fourth-order valence-corrected chi connectivity index (χ4v) is 26.7. The highest BCUT2D eigenvalue weighted by Crippen LogP contribution is 2.84. The molecule has 9 heteroatoms. The Morgan fingerprint density at radius 1 is 0.390 bits per heavy atom. The van der Waals surface area contributed by atoms with Gasteiger partial charge in [-0.05, 0) is 245 Å².